The number of halogens is 1. The van der Waals surface area contributed by atoms with Gasteiger partial charge in [0.25, 0.3) is 0 Å². The van der Waals surface area contributed by atoms with Gasteiger partial charge in [0.05, 0.1) is 12.2 Å². The van der Waals surface area contributed by atoms with Crippen molar-refractivity contribution in [2.24, 2.45) is 0 Å². The predicted octanol–water partition coefficient (Wildman–Crippen LogP) is 2.35. The number of hydrogen-bond acceptors (Lipinski definition) is 6. The first-order valence-electron chi connectivity index (χ1n) is 7.23. The lowest BCUT2D eigenvalue weighted by Crippen LogP contribution is -2.37. The van der Waals surface area contributed by atoms with Crippen LogP contribution in [-0.2, 0) is 16.0 Å². The molecule has 2 atom stereocenters. The summed E-state index contributed by atoms with van der Waals surface area (Å²) in [5.74, 6) is 0. The van der Waals surface area contributed by atoms with Crippen molar-refractivity contribution in [3.63, 3.8) is 0 Å². The van der Waals surface area contributed by atoms with E-state index in [2.05, 4.69) is 14.5 Å². The van der Waals surface area contributed by atoms with Crippen LogP contribution in [-0.4, -0.2) is 53.0 Å². The highest BCUT2D eigenvalue weighted by molar-refractivity contribution is 7.10. The molecule has 112 valence electrons. The summed E-state index contributed by atoms with van der Waals surface area (Å²) in [5.41, 5.74) is 0.868. The van der Waals surface area contributed by atoms with Crippen LogP contribution >= 0.6 is 23.1 Å². The van der Waals surface area contributed by atoms with E-state index < -0.39 is 0 Å². The second kappa shape index (κ2) is 7.13. The van der Waals surface area contributed by atoms with Crippen molar-refractivity contribution in [1.29, 1.82) is 0 Å². The molecule has 2 fully saturated rings. The van der Waals surface area contributed by atoms with Crippen molar-refractivity contribution < 1.29 is 9.47 Å². The third-order valence-electron chi connectivity index (χ3n) is 3.85. The zero-order chi connectivity index (χ0) is 13.8. The number of hydrogen-bond donors (Lipinski definition) is 0. The average molecular weight is 318 g/mol. The minimum Gasteiger partial charge on any atom is -0.377 e. The Morgan fingerprint density at radius 2 is 1.80 bits per heavy atom. The summed E-state index contributed by atoms with van der Waals surface area (Å²) in [5, 5.41) is 4.12. The van der Waals surface area contributed by atoms with Crippen molar-refractivity contribution in [2.45, 2.75) is 44.4 Å². The van der Waals surface area contributed by atoms with Crippen LogP contribution in [0.4, 0.5) is 0 Å². The molecule has 0 radical (unpaired) electrons. The van der Waals surface area contributed by atoms with Gasteiger partial charge < -0.3 is 9.47 Å². The van der Waals surface area contributed by atoms with E-state index in [9.17, 15) is 0 Å². The first kappa shape index (κ1) is 14.7. The van der Waals surface area contributed by atoms with E-state index in [4.69, 9.17) is 21.1 Å². The molecule has 0 saturated carbocycles. The van der Waals surface area contributed by atoms with Crippen LogP contribution in [0.25, 0.3) is 0 Å². The molecule has 2 unspecified atom stereocenters. The van der Waals surface area contributed by atoms with Crippen LogP contribution in [0.1, 0.15) is 31.4 Å². The highest BCUT2D eigenvalue weighted by Gasteiger charge is 2.25. The molecule has 0 amide bonds. The summed E-state index contributed by atoms with van der Waals surface area (Å²) in [6, 6.07) is 0. The Hall–Kier alpha value is -0.270. The molecule has 1 aromatic heterocycles. The molecule has 2 aliphatic rings. The molecule has 1 aromatic rings. The van der Waals surface area contributed by atoms with Crippen LogP contribution in [0, 0.1) is 0 Å². The number of rotatable bonds is 6. The maximum absolute atomic E-state index is 6.12. The van der Waals surface area contributed by atoms with E-state index in [1.807, 2.05) is 0 Å². The molecule has 5 nitrogen and oxygen atoms in total. The standard InChI is InChI=1S/C13H20ClN3O2S/c14-13-12(15-16-20-13)9-17(7-10-3-1-5-18-10)8-11-4-2-6-19-11/h10-11H,1-9H2. The Labute approximate surface area is 128 Å². The van der Waals surface area contributed by atoms with Gasteiger partial charge in [-0.3, -0.25) is 4.90 Å². The fraction of sp³-hybridized carbons (Fsp3) is 0.846. The van der Waals surface area contributed by atoms with Crippen molar-refractivity contribution in [3.05, 3.63) is 10.0 Å². The van der Waals surface area contributed by atoms with Crippen LogP contribution in [0.2, 0.25) is 4.34 Å². The topological polar surface area (TPSA) is 47.5 Å². The lowest BCUT2D eigenvalue weighted by Gasteiger charge is -2.26. The highest BCUT2D eigenvalue weighted by Crippen LogP contribution is 2.22. The third kappa shape index (κ3) is 3.89. The minimum absolute atomic E-state index is 0.335. The first-order valence-corrected chi connectivity index (χ1v) is 8.38. The molecule has 2 aliphatic heterocycles. The van der Waals surface area contributed by atoms with Crippen LogP contribution < -0.4 is 0 Å². The van der Waals surface area contributed by atoms with E-state index in [0.717, 1.165) is 64.2 Å². The molecule has 0 spiro atoms. The fourth-order valence-corrected chi connectivity index (χ4v) is 3.47. The van der Waals surface area contributed by atoms with Gasteiger partial charge in [0.15, 0.2) is 0 Å². The molecule has 3 rings (SSSR count). The van der Waals surface area contributed by atoms with E-state index in [1.54, 1.807) is 0 Å². The zero-order valence-electron chi connectivity index (χ0n) is 11.5. The normalized spacial score (nSPS) is 26.7. The Balaban J connectivity index is 1.60. The fourth-order valence-electron chi connectivity index (χ4n) is 2.86. The van der Waals surface area contributed by atoms with E-state index in [0.29, 0.717) is 16.5 Å². The van der Waals surface area contributed by atoms with Crippen molar-refractivity contribution >= 4 is 23.1 Å². The van der Waals surface area contributed by atoms with Crippen LogP contribution in [0.3, 0.4) is 0 Å². The first-order chi connectivity index (χ1) is 9.81. The molecule has 7 heteroatoms. The summed E-state index contributed by atoms with van der Waals surface area (Å²) >= 11 is 7.37. The van der Waals surface area contributed by atoms with Gasteiger partial charge in [-0.05, 0) is 25.7 Å². The average Bonchev–Trinajstić information content (AvgIpc) is 3.15. The van der Waals surface area contributed by atoms with E-state index in [-0.39, 0.29) is 0 Å². The van der Waals surface area contributed by atoms with Gasteiger partial charge in [-0.15, -0.1) is 5.10 Å². The van der Waals surface area contributed by atoms with Gasteiger partial charge >= 0.3 is 0 Å². The number of aromatic nitrogens is 2. The molecular formula is C13H20ClN3O2S. The largest absolute Gasteiger partial charge is 0.377 e. The SMILES string of the molecule is Clc1snnc1CN(CC1CCCO1)CC1CCCO1. The molecule has 2 saturated heterocycles. The summed E-state index contributed by atoms with van der Waals surface area (Å²) in [4.78, 5) is 2.36. The van der Waals surface area contributed by atoms with Crippen LogP contribution in [0.5, 0.6) is 0 Å². The van der Waals surface area contributed by atoms with E-state index >= 15 is 0 Å². The third-order valence-corrected chi connectivity index (χ3v) is 4.84. The maximum atomic E-state index is 6.12. The number of ether oxygens (including phenoxy) is 2. The Kier molecular flexibility index (Phi) is 5.23. The van der Waals surface area contributed by atoms with Gasteiger partial charge in [0.2, 0.25) is 0 Å². The molecule has 0 aliphatic carbocycles. The quantitative estimate of drug-likeness (QED) is 0.806. The van der Waals surface area contributed by atoms with Gasteiger partial charge in [-0.1, -0.05) is 16.1 Å². The molecule has 0 bridgehead atoms. The van der Waals surface area contributed by atoms with E-state index in [1.165, 1.54) is 11.5 Å². The second-order valence-electron chi connectivity index (χ2n) is 5.46. The monoisotopic (exact) mass is 317 g/mol. The highest BCUT2D eigenvalue weighted by atomic mass is 35.5. The summed E-state index contributed by atoms with van der Waals surface area (Å²) < 4.78 is 16.1. The minimum atomic E-state index is 0.335. The van der Waals surface area contributed by atoms with Crippen molar-refractivity contribution in [2.75, 3.05) is 26.3 Å². The Bertz CT molecular complexity index is 402. The van der Waals surface area contributed by atoms with Crippen LogP contribution in [0.15, 0.2) is 0 Å². The van der Waals surface area contributed by atoms with Crippen molar-refractivity contribution in [1.82, 2.24) is 14.5 Å². The van der Waals surface area contributed by atoms with Gasteiger partial charge in [-0.2, -0.15) is 0 Å². The van der Waals surface area contributed by atoms with Gasteiger partial charge in [0.1, 0.15) is 10.0 Å². The molecule has 20 heavy (non-hydrogen) atoms. The predicted molar refractivity (Wildman–Crippen MR) is 78.1 cm³/mol. The lowest BCUT2D eigenvalue weighted by atomic mass is 10.2. The van der Waals surface area contributed by atoms with Gasteiger partial charge in [0, 0.05) is 44.4 Å². The zero-order valence-corrected chi connectivity index (χ0v) is 13.0. The number of nitrogens with zero attached hydrogens (tertiary/aromatic N) is 3. The molecular weight excluding hydrogens is 298 g/mol. The molecule has 0 N–H and O–H groups in total. The molecule has 3 heterocycles. The van der Waals surface area contributed by atoms with Crippen molar-refractivity contribution in [3.8, 4) is 0 Å². The Morgan fingerprint density at radius 1 is 1.15 bits per heavy atom. The smallest absolute Gasteiger partial charge is 0.138 e. The van der Waals surface area contributed by atoms with Gasteiger partial charge in [-0.25, -0.2) is 0 Å². The molecule has 0 aromatic carbocycles. The Morgan fingerprint density at radius 3 is 2.25 bits per heavy atom. The lowest BCUT2D eigenvalue weighted by molar-refractivity contribution is 0.0341. The summed E-state index contributed by atoms with van der Waals surface area (Å²) in [6.45, 7) is 4.35. The summed E-state index contributed by atoms with van der Waals surface area (Å²) in [6.07, 6.45) is 5.29. The summed E-state index contributed by atoms with van der Waals surface area (Å²) in [7, 11) is 0. The maximum Gasteiger partial charge on any atom is 0.138 e. The second-order valence-corrected chi connectivity index (χ2v) is 6.81.